The molecule has 2 aliphatic rings. The third-order valence-electron chi connectivity index (χ3n) is 4.01. The van der Waals surface area contributed by atoms with E-state index in [1.807, 2.05) is 18.2 Å². The monoisotopic (exact) mass is 347 g/mol. The van der Waals surface area contributed by atoms with E-state index in [2.05, 4.69) is 17.3 Å². The van der Waals surface area contributed by atoms with Crippen LogP contribution in [0.2, 0.25) is 5.02 Å². The van der Waals surface area contributed by atoms with Crippen LogP contribution in [-0.4, -0.2) is 48.8 Å². The number of carbonyl (C=O) groups is 1. The van der Waals surface area contributed by atoms with Crippen LogP contribution in [0.3, 0.4) is 0 Å². The highest BCUT2D eigenvalue weighted by Gasteiger charge is 2.44. The Kier molecular flexibility index (Phi) is 4.67. The molecule has 1 spiro atoms. The molecule has 2 amide bonds. The highest BCUT2D eigenvalue weighted by atomic mass is 35.5. The van der Waals surface area contributed by atoms with Crippen molar-refractivity contribution in [3.63, 3.8) is 0 Å². The van der Waals surface area contributed by atoms with E-state index < -0.39 is 5.60 Å². The van der Waals surface area contributed by atoms with Crippen LogP contribution in [0.4, 0.5) is 4.79 Å². The summed E-state index contributed by atoms with van der Waals surface area (Å²) in [6, 6.07) is 7.16. The molecule has 1 aromatic rings. The summed E-state index contributed by atoms with van der Waals surface area (Å²) in [7, 11) is 3.04. The Labute approximate surface area is 145 Å². The van der Waals surface area contributed by atoms with Gasteiger partial charge in [-0.2, -0.15) is 0 Å². The van der Waals surface area contributed by atoms with Gasteiger partial charge >= 0.3 is 6.03 Å². The van der Waals surface area contributed by atoms with Gasteiger partial charge in [0.2, 0.25) is 0 Å². The van der Waals surface area contributed by atoms with Gasteiger partial charge in [0.15, 0.2) is 0 Å². The molecule has 3 rings (SSSR count). The minimum Gasteiger partial charge on any atom is -0.319 e. The van der Waals surface area contributed by atoms with Crippen molar-refractivity contribution in [2.45, 2.75) is 12.0 Å². The van der Waals surface area contributed by atoms with Gasteiger partial charge in [-0.25, -0.2) is 9.86 Å². The Morgan fingerprint density at radius 3 is 3.08 bits per heavy atom. The van der Waals surface area contributed by atoms with Crippen molar-refractivity contribution in [2.24, 2.45) is 0 Å². The number of carbonyl (C=O) groups excluding carboxylic acids is 1. The lowest BCUT2D eigenvalue weighted by atomic mass is 10.0. The minimum atomic E-state index is -0.539. The van der Waals surface area contributed by atoms with E-state index in [1.54, 1.807) is 24.1 Å². The summed E-state index contributed by atoms with van der Waals surface area (Å²) < 4.78 is 0. The first kappa shape index (κ1) is 16.7. The van der Waals surface area contributed by atoms with Crippen molar-refractivity contribution in [3.8, 4) is 11.8 Å². The molecule has 1 unspecified atom stereocenters. The van der Waals surface area contributed by atoms with Gasteiger partial charge in [0.05, 0.1) is 13.7 Å². The average Bonchev–Trinajstić information content (AvgIpc) is 3.19. The van der Waals surface area contributed by atoms with E-state index >= 15 is 0 Å². The Bertz CT molecular complexity index is 740. The number of nitrogens with one attached hydrogen (secondary N) is 1. The Morgan fingerprint density at radius 1 is 1.50 bits per heavy atom. The molecular formula is C17H18ClN3O3. The van der Waals surface area contributed by atoms with Crippen LogP contribution in [-0.2, 0) is 9.68 Å². The zero-order chi connectivity index (χ0) is 17.2. The van der Waals surface area contributed by atoms with Crippen LogP contribution in [0.15, 0.2) is 36.0 Å². The van der Waals surface area contributed by atoms with E-state index in [9.17, 15) is 4.79 Å². The first-order valence-corrected chi connectivity index (χ1v) is 7.90. The summed E-state index contributed by atoms with van der Waals surface area (Å²) in [6.07, 6.45) is 2.64. The van der Waals surface area contributed by atoms with Crippen LogP contribution in [0.1, 0.15) is 12.0 Å². The molecule has 2 heterocycles. The molecule has 0 aromatic heterocycles. The quantitative estimate of drug-likeness (QED) is 0.625. The van der Waals surface area contributed by atoms with Gasteiger partial charge in [-0.15, -0.1) is 0 Å². The highest BCUT2D eigenvalue weighted by molar-refractivity contribution is 6.30. The number of allylic oxidation sites excluding steroid dienone is 1. The number of nitrogens with zero attached hydrogens (tertiary/aromatic N) is 2. The number of urea groups is 1. The summed E-state index contributed by atoms with van der Waals surface area (Å²) in [6.45, 7) is 1.05. The standard InChI is InChI=1S/C17H18ClN3O3/c1-20(23-2)16(22)21-9-8-17(12-21)11-15(19-24-17)7-6-13-4-3-5-14(18)10-13/h3-5,10-11,19H,8-9,12H2,1-2H3. The van der Waals surface area contributed by atoms with Gasteiger partial charge in [-0.1, -0.05) is 23.6 Å². The fraction of sp³-hybridized carbons (Fsp3) is 0.353. The second kappa shape index (κ2) is 6.73. The maximum Gasteiger partial charge on any atom is 0.343 e. The van der Waals surface area contributed by atoms with Crippen LogP contribution < -0.4 is 5.48 Å². The van der Waals surface area contributed by atoms with Crippen molar-refractivity contribution in [1.82, 2.24) is 15.4 Å². The average molecular weight is 348 g/mol. The number of hydrogen-bond donors (Lipinski definition) is 1. The van der Waals surface area contributed by atoms with Gasteiger partial charge in [0.1, 0.15) is 11.3 Å². The molecule has 0 aliphatic carbocycles. The lowest BCUT2D eigenvalue weighted by Gasteiger charge is -2.24. The molecule has 24 heavy (non-hydrogen) atoms. The summed E-state index contributed by atoms with van der Waals surface area (Å²) >= 11 is 5.95. The van der Waals surface area contributed by atoms with E-state index in [4.69, 9.17) is 21.3 Å². The van der Waals surface area contributed by atoms with Crippen LogP contribution >= 0.6 is 11.6 Å². The van der Waals surface area contributed by atoms with Gasteiger partial charge in [0.25, 0.3) is 0 Å². The molecule has 0 bridgehead atoms. The number of halogens is 1. The number of amides is 2. The summed E-state index contributed by atoms with van der Waals surface area (Å²) in [5, 5.41) is 1.85. The van der Waals surface area contributed by atoms with E-state index in [1.165, 1.54) is 12.2 Å². The number of likely N-dealkylation sites (tertiary alicyclic amines) is 1. The molecule has 7 heteroatoms. The second-order valence-corrected chi connectivity index (χ2v) is 6.16. The van der Waals surface area contributed by atoms with Crippen molar-refractivity contribution in [1.29, 1.82) is 0 Å². The summed E-state index contributed by atoms with van der Waals surface area (Å²) in [4.78, 5) is 24.4. The third kappa shape index (κ3) is 3.49. The van der Waals surface area contributed by atoms with E-state index in [0.29, 0.717) is 30.2 Å². The third-order valence-corrected chi connectivity index (χ3v) is 4.25. The minimum absolute atomic E-state index is 0.190. The molecule has 1 aromatic carbocycles. The first-order chi connectivity index (χ1) is 11.5. The van der Waals surface area contributed by atoms with E-state index in [0.717, 1.165) is 5.56 Å². The molecule has 6 nitrogen and oxygen atoms in total. The molecule has 126 valence electrons. The normalized spacial score (nSPS) is 22.0. The molecule has 1 fully saturated rings. The predicted molar refractivity (Wildman–Crippen MR) is 89.7 cm³/mol. The maximum atomic E-state index is 12.1. The van der Waals surface area contributed by atoms with Gasteiger partial charge in [0, 0.05) is 30.6 Å². The largest absolute Gasteiger partial charge is 0.343 e. The lowest BCUT2D eigenvalue weighted by molar-refractivity contribution is -0.0778. The van der Waals surface area contributed by atoms with E-state index in [-0.39, 0.29) is 6.03 Å². The van der Waals surface area contributed by atoms with Gasteiger partial charge < -0.3 is 4.90 Å². The SMILES string of the molecule is CON(C)C(=O)N1CCC2(C=C(C#Cc3cccc(Cl)c3)NO2)C1. The fourth-order valence-electron chi connectivity index (χ4n) is 2.69. The maximum absolute atomic E-state index is 12.1. The molecule has 0 saturated carbocycles. The summed E-state index contributed by atoms with van der Waals surface area (Å²) in [5.41, 5.74) is 3.82. The number of hydroxylamine groups is 3. The van der Waals surface area contributed by atoms with Crippen molar-refractivity contribution in [2.75, 3.05) is 27.2 Å². The van der Waals surface area contributed by atoms with Crippen LogP contribution in [0, 0.1) is 11.8 Å². The Morgan fingerprint density at radius 2 is 2.33 bits per heavy atom. The molecule has 0 radical (unpaired) electrons. The molecular weight excluding hydrogens is 330 g/mol. The Balaban J connectivity index is 1.69. The second-order valence-electron chi connectivity index (χ2n) is 5.72. The van der Waals surface area contributed by atoms with Crippen molar-refractivity contribution < 1.29 is 14.5 Å². The first-order valence-electron chi connectivity index (χ1n) is 7.52. The fourth-order valence-corrected chi connectivity index (χ4v) is 2.88. The van der Waals surface area contributed by atoms with Crippen LogP contribution in [0.25, 0.3) is 0 Å². The predicted octanol–water partition coefficient (Wildman–Crippen LogP) is 2.17. The highest BCUT2D eigenvalue weighted by Crippen LogP contribution is 2.31. The van der Waals surface area contributed by atoms with Crippen molar-refractivity contribution >= 4 is 17.6 Å². The van der Waals surface area contributed by atoms with Gasteiger partial charge in [-0.05, 0) is 30.2 Å². The van der Waals surface area contributed by atoms with Crippen molar-refractivity contribution in [3.05, 3.63) is 46.6 Å². The molecule has 1 saturated heterocycles. The zero-order valence-corrected chi connectivity index (χ0v) is 14.3. The molecule has 1 N–H and O–H groups in total. The topological polar surface area (TPSA) is 54.0 Å². The smallest absolute Gasteiger partial charge is 0.319 e. The molecule has 2 aliphatic heterocycles. The Hall–Kier alpha value is -2.20. The number of benzene rings is 1. The number of rotatable bonds is 1. The van der Waals surface area contributed by atoms with Crippen LogP contribution in [0.5, 0.6) is 0 Å². The molecule has 1 atom stereocenters. The zero-order valence-electron chi connectivity index (χ0n) is 13.5. The lowest BCUT2D eigenvalue weighted by Crippen LogP contribution is -2.42. The summed E-state index contributed by atoms with van der Waals surface area (Å²) in [5.74, 6) is 6.07. The number of hydrogen-bond acceptors (Lipinski definition) is 4. The van der Waals surface area contributed by atoms with Gasteiger partial charge in [-0.3, -0.25) is 15.2 Å².